The van der Waals surface area contributed by atoms with Crippen LogP contribution in [0.4, 0.5) is 0 Å². The fraction of sp³-hybridized carbons (Fsp3) is 0.444. The van der Waals surface area contributed by atoms with Gasteiger partial charge in [0.2, 0.25) is 0 Å². The van der Waals surface area contributed by atoms with Gasteiger partial charge in [0.1, 0.15) is 0 Å². The molecule has 14 heavy (non-hydrogen) atoms. The van der Waals surface area contributed by atoms with Gasteiger partial charge in [0.15, 0.2) is 16.5 Å². The molecule has 0 aliphatic heterocycles. The molecule has 0 aliphatic rings. The summed E-state index contributed by atoms with van der Waals surface area (Å²) in [5.74, 6) is -1.27. The standard InChI is InChI=1S/C9H11NO3S/c1-3-5(2)7(11)8-10-6(4-14-8)9(12)13/h4-5H,3H2,1-2H3,(H,12,13)/t5-/m1/s1. The van der Waals surface area contributed by atoms with Gasteiger partial charge in [-0.15, -0.1) is 11.3 Å². The highest BCUT2D eigenvalue weighted by molar-refractivity contribution is 7.11. The number of ketones is 1. The Morgan fingerprint density at radius 3 is 2.71 bits per heavy atom. The third-order valence-corrected chi connectivity index (χ3v) is 2.85. The van der Waals surface area contributed by atoms with Crippen LogP contribution < -0.4 is 0 Å². The van der Waals surface area contributed by atoms with E-state index in [9.17, 15) is 9.59 Å². The van der Waals surface area contributed by atoms with Crippen molar-refractivity contribution in [1.29, 1.82) is 0 Å². The van der Waals surface area contributed by atoms with Gasteiger partial charge in [-0.05, 0) is 6.42 Å². The molecule has 0 spiro atoms. The lowest BCUT2D eigenvalue weighted by Gasteiger charge is -2.02. The van der Waals surface area contributed by atoms with Crippen LogP contribution in [-0.4, -0.2) is 21.8 Å². The molecule has 1 atom stereocenters. The van der Waals surface area contributed by atoms with Crippen LogP contribution in [0.5, 0.6) is 0 Å². The SMILES string of the molecule is CC[C@@H](C)C(=O)c1nc(C(=O)O)cs1. The zero-order chi connectivity index (χ0) is 10.7. The number of carbonyl (C=O) groups excluding carboxylic acids is 1. The minimum absolute atomic E-state index is 0.0540. The zero-order valence-electron chi connectivity index (χ0n) is 7.98. The molecule has 0 aromatic carbocycles. The van der Waals surface area contributed by atoms with Crippen LogP contribution in [0.25, 0.3) is 0 Å². The Morgan fingerprint density at radius 1 is 1.64 bits per heavy atom. The van der Waals surface area contributed by atoms with Crippen molar-refractivity contribution >= 4 is 23.1 Å². The number of rotatable bonds is 4. The number of carbonyl (C=O) groups is 2. The summed E-state index contributed by atoms with van der Waals surface area (Å²) in [4.78, 5) is 25.8. The normalized spacial score (nSPS) is 12.4. The van der Waals surface area contributed by atoms with Gasteiger partial charge in [-0.2, -0.15) is 0 Å². The van der Waals surface area contributed by atoms with Crippen LogP contribution in [0.15, 0.2) is 5.38 Å². The predicted molar refractivity (Wildman–Crippen MR) is 52.9 cm³/mol. The second kappa shape index (κ2) is 4.32. The number of aromatic nitrogens is 1. The fourth-order valence-electron chi connectivity index (χ4n) is 0.881. The quantitative estimate of drug-likeness (QED) is 0.777. The molecule has 0 unspecified atom stereocenters. The number of carboxylic acid groups (broad SMARTS) is 1. The van der Waals surface area contributed by atoms with Gasteiger partial charge in [0.05, 0.1) is 0 Å². The number of hydrogen-bond acceptors (Lipinski definition) is 4. The average molecular weight is 213 g/mol. The lowest BCUT2D eigenvalue weighted by molar-refractivity contribution is 0.0691. The molecule has 0 amide bonds. The van der Waals surface area contributed by atoms with E-state index in [1.165, 1.54) is 5.38 Å². The maximum absolute atomic E-state index is 11.6. The molecule has 0 aliphatic carbocycles. The first-order valence-electron chi connectivity index (χ1n) is 4.29. The number of thiazole rings is 1. The zero-order valence-corrected chi connectivity index (χ0v) is 8.80. The minimum Gasteiger partial charge on any atom is -0.476 e. The topological polar surface area (TPSA) is 67.3 Å². The average Bonchev–Trinajstić information content (AvgIpc) is 2.64. The third-order valence-electron chi connectivity index (χ3n) is 1.99. The predicted octanol–water partition coefficient (Wildman–Crippen LogP) is 2.07. The summed E-state index contributed by atoms with van der Waals surface area (Å²) in [5, 5.41) is 10.3. The van der Waals surface area contributed by atoms with Gasteiger partial charge in [-0.1, -0.05) is 13.8 Å². The Balaban J connectivity index is 2.87. The van der Waals surface area contributed by atoms with Crippen molar-refractivity contribution in [1.82, 2.24) is 4.98 Å². The molecule has 1 heterocycles. The van der Waals surface area contributed by atoms with E-state index >= 15 is 0 Å². The molecule has 1 aromatic rings. The maximum Gasteiger partial charge on any atom is 0.355 e. The van der Waals surface area contributed by atoms with E-state index in [1.54, 1.807) is 0 Å². The Morgan fingerprint density at radius 2 is 2.29 bits per heavy atom. The maximum atomic E-state index is 11.6. The molecule has 4 nitrogen and oxygen atoms in total. The van der Waals surface area contributed by atoms with E-state index in [4.69, 9.17) is 5.11 Å². The molecule has 1 N–H and O–H groups in total. The summed E-state index contributed by atoms with van der Waals surface area (Å²) < 4.78 is 0. The number of nitrogens with zero attached hydrogens (tertiary/aromatic N) is 1. The van der Waals surface area contributed by atoms with Gasteiger partial charge in [-0.25, -0.2) is 9.78 Å². The monoisotopic (exact) mass is 213 g/mol. The van der Waals surface area contributed by atoms with Crippen molar-refractivity contribution in [2.24, 2.45) is 5.92 Å². The minimum atomic E-state index is -1.09. The van der Waals surface area contributed by atoms with Crippen LogP contribution in [0.2, 0.25) is 0 Å². The largest absolute Gasteiger partial charge is 0.476 e. The first kappa shape index (κ1) is 10.8. The van der Waals surface area contributed by atoms with Crippen LogP contribution in [0, 0.1) is 5.92 Å². The van der Waals surface area contributed by atoms with E-state index in [-0.39, 0.29) is 22.4 Å². The molecule has 76 valence electrons. The molecule has 0 fully saturated rings. The Bertz CT molecular complexity index is 359. The van der Waals surface area contributed by atoms with Gasteiger partial charge in [-0.3, -0.25) is 4.79 Å². The summed E-state index contributed by atoms with van der Waals surface area (Å²) in [6.07, 6.45) is 0.737. The molecule has 0 radical (unpaired) electrons. The molecule has 1 aromatic heterocycles. The van der Waals surface area contributed by atoms with E-state index in [1.807, 2.05) is 13.8 Å². The number of hydrogen-bond donors (Lipinski definition) is 1. The smallest absolute Gasteiger partial charge is 0.355 e. The molecular formula is C9H11NO3S. The van der Waals surface area contributed by atoms with Crippen LogP contribution in [0.1, 0.15) is 40.6 Å². The van der Waals surface area contributed by atoms with Crippen LogP contribution >= 0.6 is 11.3 Å². The second-order valence-electron chi connectivity index (χ2n) is 3.02. The van der Waals surface area contributed by atoms with Crippen LogP contribution in [-0.2, 0) is 0 Å². The van der Waals surface area contributed by atoms with Gasteiger partial charge in [0.25, 0.3) is 0 Å². The summed E-state index contributed by atoms with van der Waals surface area (Å²) in [7, 11) is 0. The van der Waals surface area contributed by atoms with Crippen molar-refractivity contribution in [3.63, 3.8) is 0 Å². The van der Waals surface area contributed by atoms with Crippen molar-refractivity contribution in [3.8, 4) is 0 Å². The highest BCUT2D eigenvalue weighted by Gasteiger charge is 2.18. The van der Waals surface area contributed by atoms with Gasteiger partial charge >= 0.3 is 5.97 Å². The van der Waals surface area contributed by atoms with Crippen molar-refractivity contribution in [2.75, 3.05) is 0 Å². The van der Waals surface area contributed by atoms with E-state index in [2.05, 4.69) is 4.98 Å². The van der Waals surface area contributed by atoms with Gasteiger partial charge in [0, 0.05) is 11.3 Å². The number of carboxylic acids is 1. The lowest BCUT2D eigenvalue weighted by atomic mass is 10.0. The highest BCUT2D eigenvalue weighted by Crippen LogP contribution is 2.16. The first-order valence-corrected chi connectivity index (χ1v) is 5.17. The summed E-state index contributed by atoms with van der Waals surface area (Å²) >= 11 is 1.09. The van der Waals surface area contributed by atoms with Crippen molar-refractivity contribution < 1.29 is 14.7 Å². The fourth-order valence-corrected chi connectivity index (χ4v) is 1.73. The van der Waals surface area contributed by atoms with Crippen LogP contribution in [0.3, 0.4) is 0 Å². The Labute approximate surface area is 85.6 Å². The molecule has 5 heteroatoms. The lowest BCUT2D eigenvalue weighted by Crippen LogP contribution is -2.10. The van der Waals surface area contributed by atoms with Crippen molar-refractivity contribution in [2.45, 2.75) is 20.3 Å². The molecular weight excluding hydrogens is 202 g/mol. The summed E-state index contributed by atoms with van der Waals surface area (Å²) in [5.41, 5.74) is -0.0540. The molecule has 1 rings (SSSR count). The first-order chi connectivity index (χ1) is 6.56. The molecule has 0 saturated heterocycles. The molecule has 0 bridgehead atoms. The highest BCUT2D eigenvalue weighted by atomic mass is 32.1. The van der Waals surface area contributed by atoms with Gasteiger partial charge < -0.3 is 5.11 Å². The Hall–Kier alpha value is -1.23. The van der Waals surface area contributed by atoms with E-state index in [0.717, 1.165) is 17.8 Å². The van der Waals surface area contributed by atoms with Crippen molar-refractivity contribution in [3.05, 3.63) is 16.1 Å². The second-order valence-corrected chi connectivity index (χ2v) is 3.87. The van der Waals surface area contributed by atoms with E-state index in [0.29, 0.717) is 0 Å². The number of aromatic carboxylic acids is 1. The summed E-state index contributed by atoms with van der Waals surface area (Å²) in [6.45, 7) is 3.72. The molecule has 0 saturated carbocycles. The number of Topliss-reactive ketones (excluding diaryl/α,β-unsaturated/α-hetero) is 1. The third kappa shape index (κ3) is 2.17. The Kier molecular flexibility index (Phi) is 3.35. The summed E-state index contributed by atoms with van der Waals surface area (Å²) in [6, 6.07) is 0. The van der Waals surface area contributed by atoms with E-state index < -0.39 is 5.97 Å².